The zero-order valence-electron chi connectivity index (χ0n) is 17.3. The van der Waals surface area contributed by atoms with Crippen LogP contribution in [0, 0.1) is 0 Å². The molecule has 160 valence electrons. The maximum atomic E-state index is 13.0. The number of imidazole rings is 1. The summed E-state index contributed by atoms with van der Waals surface area (Å²) in [7, 11) is 0. The second-order valence-corrected chi connectivity index (χ2v) is 7.98. The third kappa shape index (κ3) is 3.10. The number of aromatic nitrogens is 3. The molecule has 0 aliphatic heterocycles. The van der Waals surface area contributed by atoms with Crippen molar-refractivity contribution in [3.63, 3.8) is 0 Å². The van der Waals surface area contributed by atoms with Gasteiger partial charge in [-0.25, -0.2) is 4.98 Å². The number of phenols is 2. The lowest BCUT2D eigenvalue weighted by atomic mass is 9.98. The first-order valence-electron chi connectivity index (χ1n) is 10.4. The highest BCUT2D eigenvalue weighted by molar-refractivity contribution is 5.98. The third-order valence-corrected chi connectivity index (χ3v) is 5.93. The van der Waals surface area contributed by atoms with E-state index < -0.39 is 5.91 Å². The van der Waals surface area contributed by atoms with E-state index in [-0.39, 0.29) is 23.1 Å². The summed E-state index contributed by atoms with van der Waals surface area (Å²) in [4.78, 5) is 25.3. The summed E-state index contributed by atoms with van der Waals surface area (Å²) in [5, 5.41) is 22.6. The fraction of sp³-hybridized carbons (Fsp3) is 0.0385. The molecule has 1 unspecified atom stereocenters. The number of phenolic OH excluding ortho intramolecular Hbond substituents is 2. The van der Waals surface area contributed by atoms with Gasteiger partial charge in [0.25, 0.3) is 5.91 Å². The molecule has 1 atom stereocenters. The molecule has 0 bridgehead atoms. The van der Waals surface area contributed by atoms with E-state index in [0.29, 0.717) is 0 Å². The maximum Gasteiger partial charge on any atom is 0.252 e. The number of aromatic hydroxyl groups is 2. The van der Waals surface area contributed by atoms with Crippen LogP contribution in [0.3, 0.4) is 0 Å². The lowest BCUT2D eigenvalue weighted by molar-refractivity contribution is 0.0943. The van der Waals surface area contributed by atoms with Gasteiger partial charge in [-0.3, -0.25) is 9.78 Å². The summed E-state index contributed by atoms with van der Waals surface area (Å²) >= 11 is 0. The summed E-state index contributed by atoms with van der Waals surface area (Å²) in [5.74, 6) is -0.00771. The molecule has 1 amide bonds. The van der Waals surface area contributed by atoms with Crippen LogP contribution in [0.4, 0.5) is 0 Å². The van der Waals surface area contributed by atoms with Crippen molar-refractivity contribution in [2.45, 2.75) is 6.04 Å². The summed E-state index contributed by atoms with van der Waals surface area (Å²) in [6, 6.07) is 19.2. The number of benzene rings is 3. The summed E-state index contributed by atoms with van der Waals surface area (Å²) < 4.78 is 0. The van der Waals surface area contributed by atoms with Gasteiger partial charge in [0.1, 0.15) is 17.3 Å². The number of carbonyl (C=O) groups excluding carboxylic acids is 1. The van der Waals surface area contributed by atoms with E-state index in [1.165, 1.54) is 18.2 Å². The Morgan fingerprint density at radius 3 is 2.48 bits per heavy atom. The average molecular weight is 434 g/mol. The topological polar surface area (TPSA) is 111 Å². The molecule has 5 aromatic rings. The van der Waals surface area contributed by atoms with Gasteiger partial charge in [0, 0.05) is 23.4 Å². The highest BCUT2D eigenvalue weighted by atomic mass is 16.3. The van der Waals surface area contributed by atoms with Crippen molar-refractivity contribution in [1.29, 1.82) is 0 Å². The first kappa shape index (κ1) is 19.1. The number of carbonyl (C=O) groups is 1. The molecule has 1 aliphatic rings. The van der Waals surface area contributed by atoms with E-state index in [4.69, 9.17) is 4.98 Å². The van der Waals surface area contributed by atoms with Gasteiger partial charge >= 0.3 is 0 Å². The van der Waals surface area contributed by atoms with Crippen LogP contribution < -0.4 is 5.32 Å². The molecule has 6 rings (SSSR count). The Morgan fingerprint density at radius 2 is 1.67 bits per heavy atom. The SMILES string of the molecule is O=C(NC1c2ccccc2-c2c(-c3nc4ccncc4[nH]3)cccc21)c1cc(O)cc(O)c1. The molecular weight excluding hydrogens is 416 g/mol. The van der Waals surface area contributed by atoms with Crippen molar-refractivity contribution >= 4 is 16.9 Å². The van der Waals surface area contributed by atoms with Crippen LogP contribution in [0.1, 0.15) is 27.5 Å². The van der Waals surface area contributed by atoms with Crippen LogP contribution in [0.15, 0.2) is 79.1 Å². The van der Waals surface area contributed by atoms with Gasteiger partial charge in [-0.15, -0.1) is 0 Å². The van der Waals surface area contributed by atoms with Crippen LogP contribution in [0.2, 0.25) is 0 Å². The maximum absolute atomic E-state index is 13.0. The van der Waals surface area contributed by atoms with Crippen LogP contribution in [-0.4, -0.2) is 31.1 Å². The third-order valence-electron chi connectivity index (χ3n) is 5.93. The molecule has 3 aromatic carbocycles. The molecule has 0 spiro atoms. The molecule has 7 nitrogen and oxygen atoms in total. The van der Waals surface area contributed by atoms with Crippen molar-refractivity contribution in [2.24, 2.45) is 0 Å². The predicted molar refractivity (Wildman–Crippen MR) is 124 cm³/mol. The van der Waals surface area contributed by atoms with Gasteiger partial charge in [-0.2, -0.15) is 0 Å². The number of hydrogen-bond acceptors (Lipinski definition) is 5. The number of fused-ring (bicyclic) bond motifs is 4. The second kappa shape index (κ2) is 7.20. The number of nitrogens with one attached hydrogen (secondary N) is 2. The van der Waals surface area contributed by atoms with Gasteiger partial charge in [-0.1, -0.05) is 42.5 Å². The Morgan fingerprint density at radius 1 is 0.909 bits per heavy atom. The minimum atomic E-state index is -0.394. The predicted octanol–water partition coefficient (Wildman–Crippen LogP) is 4.54. The van der Waals surface area contributed by atoms with E-state index in [1.54, 1.807) is 12.4 Å². The smallest absolute Gasteiger partial charge is 0.252 e. The van der Waals surface area contributed by atoms with Crippen molar-refractivity contribution in [2.75, 3.05) is 0 Å². The van der Waals surface area contributed by atoms with Gasteiger partial charge in [0.2, 0.25) is 0 Å². The molecule has 33 heavy (non-hydrogen) atoms. The first-order valence-corrected chi connectivity index (χ1v) is 10.4. The van der Waals surface area contributed by atoms with Gasteiger partial charge in [0.05, 0.1) is 23.3 Å². The van der Waals surface area contributed by atoms with Gasteiger partial charge in [-0.05, 0) is 40.5 Å². The molecular formula is C26H18N4O3. The van der Waals surface area contributed by atoms with Crippen LogP contribution >= 0.6 is 0 Å². The van der Waals surface area contributed by atoms with E-state index in [9.17, 15) is 15.0 Å². The minimum Gasteiger partial charge on any atom is -0.508 e. The molecule has 0 saturated carbocycles. The van der Waals surface area contributed by atoms with Crippen molar-refractivity contribution in [3.8, 4) is 34.0 Å². The number of hydrogen-bond donors (Lipinski definition) is 4. The van der Waals surface area contributed by atoms with Gasteiger partial charge < -0.3 is 20.5 Å². The zero-order valence-corrected chi connectivity index (χ0v) is 17.3. The number of nitrogens with zero attached hydrogens (tertiary/aromatic N) is 2. The summed E-state index contributed by atoms with van der Waals surface area (Å²) in [5.41, 5.74) is 6.74. The van der Waals surface area contributed by atoms with Crippen molar-refractivity contribution in [1.82, 2.24) is 20.3 Å². The summed E-state index contributed by atoms with van der Waals surface area (Å²) in [6.45, 7) is 0. The van der Waals surface area contributed by atoms with Gasteiger partial charge in [0.15, 0.2) is 0 Å². The summed E-state index contributed by atoms with van der Waals surface area (Å²) in [6.07, 6.45) is 3.46. The monoisotopic (exact) mass is 434 g/mol. The minimum absolute atomic E-state index is 0.172. The number of aromatic amines is 1. The van der Waals surface area contributed by atoms with Crippen molar-refractivity contribution in [3.05, 3.63) is 95.8 Å². The number of rotatable bonds is 3. The Hall–Kier alpha value is -4.65. The Balaban J connectivity index is 1.47. The second-order valence-electron chi connectivity index (χ2n) is 7.98. The fourth-order valence-corrected chi connectivity index (χ4v) is 4.53. The first-order chi connectivity index (χ1) is 16.1. The van der Waals surface area contributed by atoms with E-state index >= 15 is 0 Å². The molecule has 0 saturated heterocycles. The lowest BCUT2D eigenvalue weighted by Crippen LogP contribution is -2.28. The molecule has 0 radical (unpaired) electrons. The van der Waals surface area contributed by atoms with Crippen LogP contribution in [0.5, 0.6) is 11.5 Å². The molecule has 1 aliphatic carbocycles. The lowest BCUT2D eigenvalue weighted by Gasteiger charge is -2.16. The number of amides is 1. The Labute approximate surface area is 188 Å². The molecule has 2 heterocycles. The molecule has 0 fully saturated rings. The number of pyridine rings is 1. The zero-order chi connectivity index (χ0) is 22.5. The number of H-pyrrole nitrogens is 1. The Kier molecular flexibility index (Phi) is 4.16. The largest absolute Gasteiger partial charge is 0.508 e. The van der Waals surface area contributed by atoms with E-state index in [2.05, 4.69) is 15.3 Å². The quantitative estimate of drug-likeness (QED) is 0.333. The average Bonchev–Trinajstić information content (AvgIpc) is 3.38. The molecule has 2 aromatic heterocycles. The molecule has 7 heteroatoms. The van der Waals surface area contributed by atoms with Crippen LogP contribution in [-0.2, 0) is 0 Å². The normalized spacial score (nSPS) is 14.1. The van der Waals surface area contributed by atoms with Crippen LogP contribution in [0.25, 0.3) is 33.5 Å². The van der Waals surface area contributed by atoms with E-state index in [0.717, 1.165) is 44.7 Å². The highest BCUT2D eigenvalue weighted by Gasteiger charge is 2.32. The fourth-order valence-electron chi connectivity index (χ4n) is 4.53. The Bertz CT molecular complexity index is 1500. The molecule has 4 N–H and O–H groups in total. The van der Waals surface area contributed by atoms with Crippen molar-refractivity contribution < 1.29 is 15.0 Å². The standard InChI is InChI=1S/C26H18N4O3/c31-15-10-14(11-16(32)12-15)26(33)30-24-18-5-2-1-4-17(18)23-19(24)6-3-7-20(23)25-28-21-8-9-27-13-22(21)29-25/h1-13,24,31-32H,(H,28,29)(H,30,33). The van der Waals surface area contributed by atoms with E-state index in [1.807, 2.05) is 48.5 Å². The highest BCUT2D eigenvalue weighted by Crippen LogP contribution is 2.47.